The maximum absolute atomic E-state index is 14.1. The third-order valence-corrected chi connectivity index (χ3v) is 8.69. The van der Waals surface area contributed by atoms with Gasteiger partial charge in [-0.3, -0.25) is 13.9 Å². The highest BCUT2D eigenvalue weighted by atomic mass is 32.2. The fourth-order valence-corrected chi connectivity index (χ4v) is 5.81. The van der Waals surface area contributed by atoms with Crippen molar-refractivity contribution in [1.82, 2.24) is 10.2 Å². The van der Waals surface area contributed by atoms with E-state index in [1.165, 1.54) is 49.5 Å². The highest BCUT2D eigenvalue weighted by Crippen LogP contribution is 2.32. The minimum Gasteiger partial charge on any atom is -0.493 e. The fraction of sp³-hybridized carbons (Fsp3) is 0.355. The molecule has 226 valence electrons. The average Bonchev–Trinajstić information content (AvgIpc) is 3.00. The van der Waals surface area contributed by atoms with Crippen LogP contribution >= 0.6 is 0 Å². The monoisotopic (exact) mass is 599 g/mol. The molecule has 0 fully saturated rings. The summed E-state index contributed by atoms with van der Waals surface area (Å²) < 4.78 is 53.4. The predicted molar refractivity (Wildman–Crippen MR) is 159 cm³/mol. The summed E-state index contributed by atoms with van der Waals surface area (Å²) in [5.41, 5.74) is 0.855. The molecule has 0 unspecified atom stereocenters. The van der Waals surface area contributed by atoms with Crippen molar-refractivity contribution >= 4 is 27.5 Å². The smallest absolute Gasteiger partial charge is 0.264 e. The highest BCUT2D eigenvalue weighted by molar-refractivity contribution is 7.92. The van der Waals surface area contributed by atoms with Crippen LogP contribution in [0.25, 0.3) is 0 Å². The van der Waals surface area contributed by atoms with Gasteiger partial charge in [-0.15, -0.1) is 0 Å². The van der Waals surface area contributed by atoms with Gasteiger partial charge in [-0.25, -0.2) is 12.8 Å². The van der Waals surface area contributed by atoms with Crippen molar-refractivity contribution in [3.63, 3.8) is 0 Å². The highest BCUT2D eigenvalue weighted by Gasteiger charge is 2.34. The summed E-state index contributed by atoms with van der Waals surface area (Å²) in [7, 11) is -1.56. The van der Waals surface area contributed by atoms with Gasteiger partial charge in [-0.05, 0) is 61.7 Å². The normalized spacial score (nSPS) is 12.6. The van der Waals surface area contributed by atoms with Gasteiger partial charge in [0.1, 0.15) is 18.4 Å². The third-order valence-electron chi connectivity index (χ3n) is 6.92. The number of methoxy groups -OCH3 is 2. The van der Waals surface area contributed by atoms with Crippen molar-refractivity contribution in [3.05, 3.63) is 84.2 Å². The number of sulfonamides is 1. The van der Waals surface area contributed by atoms with Gasteiger partial charge in [0, 0.05) is 18.7 Å². The second kappa shape index (κ2) is 14.7. The summed E-state index contributed by atoms with van der Waals surface area (Å²) in [5, 5.41) is 2.94. The summed E-state index contributed by atoms with van der Waals surface area (Å²) in [6.07, 6.45) is 1.01. The van der Waals surface area contributed by atoms with E-state index >= 15 is 0 Å². The molecule has 2 amide bonds. The van der Waals surface area contributed by atoms with Crippen LogP contribution in [0.3, 0.4) is 0 Å². The molecule has 0 aliphatic carbocycles. The van der Waals surface area contributed by atoms with Gasteiger partial charge in [0.25, 0.3) is 10.0 Å². The summed E-state index contributed by atoms with van der Waals surface area (Å²) >= 11 is 0. The Morgan fingerprint density at radius 3 is 2.12 bits per heavy atom. The fourth-order valence-electron chi connectivity index (χ4n) is 4.38. The zero-order valence-corrected chi connectivity index (χ0v) is 25.4. The number of hydrogen-bond donors (Lipinski definition) is 1. The van der Waals surface area contributed by atoms with Gasteiger partial charge < -0.3 is 19.7 Å². The van der Waals surface area contributed by atoms with Gasteiger partial charge in [-0.1, -0.05) is 44.2 Å². The molecule has 11 heteroatoms. The first-order chi connectivity index (χ1) is 20.0. The molecular formula is C31H38FN3O6S. The molecule has 0 bridgehead atoms. The lowest BCUT2D eigenvalue weighted by atomic mass is 10.1. The van der Waals surface area contributed by atoms with Gasteiger partial charge in [0.2, 0.25) is 11.8 Å². The first-order valence-electron chi connectivity index (χ1n) is 13.7. The van der Waals surface area contributed by atoms with E-state index in [0.29, 0.717) is 18.6 Å². The first-order valence-corrected chi connectivity index (χ1v) is 15.1. The van der Waals surface area contributed by atoms with Crippen molar-refractivity contribution in [2.24, 2.45) is 0 Å². The standard InChI is InChI=1S/C31H38FN3O6S/c1-6-22(3)33-31(37)27(7-2)34(20-23-11-9-8-10-12-23)30(36)21-35(25-15-13-24(32)14-16-25)42(38,39)26-17-18-28(40-4)29(19-26)41-5/h8-19,22,27H,6-7,20-21H2,1-5H3,(H,33,37)/t22-,27-/m0/s1. The molecule has 2 atom stereocenters. The van der Waals surface area contributed by atoms with Gasteiger partial charge in [-0.2, -0.15) is 0 Å². The summed E-state index contributed by atoms with van der Waals surface area (Å²) in [4.78, 5) is 28.6. The number of ether oxygens (including phenoxy) is 2. The molecule has 42 heavy (non-hydrogen) atoms. The van der Waals surface area contributed by atoms with Crippen LogP contribution in [-0.4, -0.2) is 58.0 Å². The molecule has 0 aliphatic rings. The van der Waals surface area contributed by atoms with Gasteiger partial charge in [0.15, 0.2) is 11.5 Å². The second-order valence-electron chi connectivity index (χ2n) is 9.75. The van der Waals surface area contributed by atoms with Gasteiger partial charge in [0.05, 0.1) is 24.8 Å². The molecule has 0 aromatic heterocycles. The molecule has 0 radical (unpaired) electrons. The lowest BCUT2D eigenvalue weighted by Crippen LogP contribution is -2.53. The molecule has 0 spiro atoms. The second-order valence-corrected chi connectivity index (χ2v) is 11.6. The number of carbonyl (C=O) groups is 2. The van der Waals surface area contributed by atoms with E-state index in [9.17, 15) is 22.4 Å². The molecule has 3 aromatic rings. The van der Waals surface area contributed by atoms with Crippen LogP contribution in [0, 0.1) is 5.82 Å². The predicted octanol–water partition coefficient (Wildman–Crippen LogP) is 4.76. The Bertz CT molecular complexity index is 1450. The minimum atomic E-state index is -4.37. The first kappa shape index (κ1) is 32.4. The molecule has 3 aromatic carbocycles. The Labute approximate surface area is 247 Å². The largest absolute Gasteiger partial charge is 0.493 e. The SMILES string of the molecule is CC[C@H](C)NC(=O)[C@H](CC)N(Cc1ccccc1)C(=O)CN(c1ccc(F)cc1)S(=O)(=O)c1ccc(OC)c(OC)c1. The van der Waals surface area contributed by atoms with E-state index in [4.69, 9.17) is 9.47 Å². The molecule has 0 saturated carbocycles. The topological polar surface area (TPSA) is 105 Å². The lowest BCUT2D eigenvalue weighted by molar-refractivity contribution is -0.140. The number of hydrogen-bond acceptors (Lipinski definition) is 6. The van der Waals surface area contributed by atoms with Crippen LogP contribution in [0.2, 0.25) is 0 Å². The van der Waals surface area contributed by atoms with Crippen LogP contribution in [-0.2, 0) is 26.2 Å². The molecule has 0 saturated heterocycles. The maximum Gasteiger partial charge on any atom is 0.264 e. The average molecular weight is 600 g/mol. The Morgan fingerprint density at radius 1 is 0.905 bits per heavy atom. The Morgan fingerprint density at radius 2 is 1.55 bits per heavy atom. The number of rotatable bonds is 14. The van der Waals surface area contributed by atoms with Crippen LogP contribution in [0.4, 0.5) is 10.1 Å². The van der Waals surface area contributed by atoms with Crippen molar-refractivity contribution in [2.45, 2.75) is 57.1 Å². The molecule has 1 N–H and O–H groups in total. The number of anilines is 1. The van der Waals surface area contributed by atoms with Crippen LogP contribution in [0.1, 0.15) is 39.2 Å². The van der Waals surface area contributed by atoms with Crippen LogP contribution in [0.5, 0.6) is 11.5 Å². The molecule has 0 heterocycles. The molecule has 9 nitrogen and oxygen atoms in total. The number of amides is 2. The molecular weight excluding hydrogens is 561 g/mol. The van der Waals surface area contributed by atoms with E-state index in [1.54, 1.807) is 6.92 Å². The third kappa shape index (κ3) is 7.79. The Kier molecular flexibility index (Phi) is 11.3. The Balaban J connectivity index is 2.08. The van der Waals surface area contributed by atoms with Crippen molar-refractivity contribution in [1.29, 1.82) is 0 Å². The summed E-state index contributed by atoms with van der Waals surface area (Å²) in [6.45, 7) is 5.06. The molecule has 0 aliphatic heterocycles. The maximum atomic E-state index is 14.1. The Hall–Kier alpha value is -4.12. The number of carbonyl (C=O) groups excluding carboxylic acids is 2. The van der Waals surface area contributed by atoms with Crippen LogP contribution in [0.15, 0.2) is 77.7 Å². The van der Waals surface area contributed by atoms with E-state index in [2.05, 4.69) is 5.32 Å². The van der Waals surface area contributed by atoms with E-state index in [-0.39, 0.29) is 34.8 Å². The number of halogens is 1. The number of nitrogens with zero attached hydrogens (tertiary/aromatic N) is 2. The summed E-state index contributed by atoms with van der Waals surface area (Å²) in [6, 6.07) is 17.1. The quantitative estimate of drug-likeness (QED) is 0.287. The van der Waals surface area contributed by atoms with Crippen molar-refractivity contribution < 1.29 is 31.9 Å². The van der Waals surface area contributed by atoms with Crippen molar-refractivity contribution in [2.75, 3.05) is 25.1 Å². The number of benzene rings is 3. The zero-order chi connectivity index (χ0) is 30.9. The lowest BCUT2D eigenvalue weighted by Gasteiger charge is -2.33. The van der Waals surface area contributed by atoms with Crippen molar-refractivity contribution in [3.8, 4) is 11.5 Å². The van der Waals surface area contributed by atoms with E-state index < -0.39 is 34.3 Å². The van der Waals surface area contributed by atoms with Gasteiger partial charge >= 0.3 is 0 Å². The van der Waals surface area contributed by atoms with E-state index in [1.807, 2.05) is 44.2 Å². The minimum absolute atomic E-state index is 0.0799. The van der Waals surface area contributed by atoms with Crippen LogP contribution < -0.4 is 19.1 Å². The van der Waals surface area contributed by atoms with E-state index in [0.717, 1.165) is 22.0 Å². The molecule has 3 rings (SSSR count). The summed E-state index contributed by atoms with van der Waals surface area (Å²) in [5.74, 6) is -0.979. The zero-order valence-electron chi connectivity index (χ0n) is 24.5. The number of nitrogens with one attached hydrogen (secondary N) is 1.